The number of aliphatic imine (C=N–C) groups is 1. The lowest BCUT2D eigenvalue weighted by Gasteiger charge is -2.15. The molecule has 34 heavy (non-hydrogen) atoms. The molecule has 0 unspecified atom stereocenters. The molecule has 3 aromatic rings. The second kappa shape index (κ2) is 10.7. The Morgan fingerprint density at radius 3 is 2.26 bits per heavy atom. The average molecular weight is 534 g/mol. The molecule has 9 heteroatoms. The number of hydrogen-bond donors (Lipinski definition) is 0. The molecule has 174 valence electrons. The van der Waals surface area contributed by atoms with Crippen molar-refractivity contribution in [3.05, 3.63) is 86.2 Å². The van der Waals surface area contributed by atoms with Crippen LogP contribution >= 0.6 is 46.6 Å². The van der Waals surface area contributed by atoms with Crippen LogP contribution in [-0.4, -0.2) is 24.8 Å². The SMILES string of the molecule is CCOc1cc(/C=C2\SC(=Nc3ccc(Cl)cc3)N(c3ccc(Cl)cc3)C2=O)cc(Cl)c1OC. The largest absolute Gasteiger partial charge is 0.491 e. The van der Waals surface area contributed by atoms with E-state index >= 15 is 0 Å². The van der Waals surface area contributed by atoms with Gasteiger partial charge in [-0.25, -0.2) is 4.99 Å². The minimum Gasteiger partial charge on any atom is -0.491 e. The first kappa shape index (κ1) is 24.5. The molecule has 1 aliphatic rings. The van der Waals surface area contributed by atoms with Gasteiger partial charge in [0.1, 0.15) is 0 Å². The highest BCUT2D eigenvalue weighted by Crippen LogP contribution is 2.40. The van der Waals surface area contributed by atoms with E-state index in [1.54, 1.807) is 71.6 Å². The van der Waals surface area contributed by atoms with Crippen molar-refractivity contribution < 1.29 is 14.3 Å². The molecule has 0 N–H and O–H groups in total. The third-order valence-corrected chi connectivity index (χ3v) is 6.53. The summed E-state index contributed by atoms with van der Waals surface area (Å²) in [4.78, 5) is 20.2. The number of methoxy groups -OCH3 is 1. The molecule has 1 aliphatic heterocycles. The van der Waals surface area contributed by atoms with Gasteiger partial charge in [0.2, 0.25) is 0 Å². The van der Waals surface area contributed by atoms with Gasteiger partial charge in [-0.2, -0.15) is 0 Å². The van der Waals surface area contributed by atoms with Crippen molar-refractivity contribution in [2.24, 2.45) is 4.99 Å². The molecule has 1 heterocycles. The fourth-order valence-electron chi connectivity index (χ4n) is 3.28. The predicted molar refractivity (Wildman–Crippen MR) is 142 cm³/mol. The molecule has 5 nitrogen and oxygen atoms in total. The van der Waals surface area contributed by atoms with E-state index in [9.17, 15) is 4.79 Å². The van der Waals surface area contributed by atoms with Crippen molar-refractivity contribution in [3.63, 3.8) is 0 Å². The Hall–Kier alpha value is -2.64. The van der Waals surface area contributed by atoms with Crippen molar-refractivity contribution in [1.29, 1.82) is 0 Å². The Balaban J connectivity index is 1.77. The Morgan fingerprint density at radius 2 is 1.65 bits per heavy atom. The Kier molecular flexibility index (Phi) is 7.73. The Labute approximate surface area is 216 Å². The van der Waals surface area contributed by atoms with E-state index in [0.29, 0.717) is 60.2 Å². The topological polar surface area (TPSA) is 51.1 Å². The zero-order chi connectivity index (χ0) is 24.2. The van der Waals surface area contributed by atoms with Gasteiger partial charge in [-0.05, 0) is 91.0 Å². The summed E-state index contributed by atoms with van der Waals surface area (Å²) in [5.41, 5.74) is 2.03. The first-order chi connectivity index (χ1) is 16.4. The number of anilines is 1. The lowest BCUT2D eigenvalue weighted by molar-refractivity contribution is -0.113. The fraction of sp³-hybridized carbons (Fsp3) is 0.120. The third kappa shape index (κ3) is 5.36. The minimum atomic E-state index is -0.218. The lowest BCUT2D eigenvalue weighted by atomic mass is 10.1. The van der Waals surface area contributed by atoms with Crippen molar-refractivity contribution >= 4 is 75.1 Å². The van der Waals surface area contributed by atoms with E-state index < -0.39 is 0 Å². The molecular weight excluding hydrogens is 515 g/mol. The first-order valence-electron chi connectivity index (χ1n) is 10.2. The molecule has 0 saturated carbocycles. The number of amidine groups is 1. The number of carbonyl (C=O) groups is 1. The standard InChI is InChI=1S/C25H19Cl3N2O3S/c1-3-33-21-13-15(12-20(28)23(21)32-2)14-22-24(31)30(19-10-6-17(27)7-11-19)25(34-22)29-18-8-4-16(26)5-9-18/h4-14H,3H2,1-2H3/b22-14-,29-25?. The zero-order valence-electron chi connectivity index (χ0n) is 18.2. The van der Waals surface area contributed by atoms with E-state index in [2.05, 4.69) is 0 Å². The number of ether oxygens (including phenoxy) is 2. The maximum absolute atomic E-state index is 13.5. The molecular formula is C25H19Cl3N2O3S. The molecule has 1 saturated heterocycles. The van der Waals surface area contributed by atoms with Gasteiger partial charge < -0.3 is 9.47 Å². The highest BCUT2D eigenvalue weighted by atomic mass is 35.5. The summed E-state index contributed by atoms with van der Waals surface area (Å²) in [6.45, 7) is 2.32. The second-order valence-electron chi connectivity index (χ2n) is 7.07. The third-order valence-electron chi connectivity index (χ3n) is 4.78. The van der Waals surface area contributed by atoms with Crippen LogP contribution < -0.4 is 14.4 Å². The molecule has 0 aliphatic carbocycles. The molecule has 3 aromatic carbocycles. The first-order valence-corrected chi connectivity index (χ1v) is 12.2. The van der Waals surface area contributed by atoms with Gasteiger partial charge in [-0.1, -0.05) is 34.8 Å². The Morgan fingerprint density at radius 1 is 1.00 bits per heavy atom. The number of thioether (sulfide) groups is 1. The summed E-state index contributed by atoms with van der Waals surface area (Å²) < 4.78 is 11.0. The van der Waals surface area contributed by atoms with Crippen LogP contribution in [0.1, 0.15) is 12.5 Å². The summed E-state index contributed by atoms with van der Waals surface area (Å²) in [7, 11) is 1.53. The van der Waals surface area contributed by atoms with Crippen molar-refractivity contribution in [1.82, 2.24) is 0 Å². The van der Waals surface area contributed by atoms with Gasteiger partial charge in [-0.3, -0.25) is 9.69 Å². The molecule has 0 bridgehead atoms. The monoisotopic (exact) mass is 532 g/mol. The second-order valence-corrected chi connectivity index (χ2v) is 9.35. The number of hydrogen-bond acceptors (Lipinski definition) is 5. The zero-order valence-corrected chi connectivity index (χ0v) is 21.3. The van der Waals surface area contributed by atoms with Gasteiger partial charge in [0, 0.05) is 10.0 Å². The number of amides is 1. The van der Waals surface area contributed by atoms with Crippen LogP contribution in [0.15, 0.2) is 70.6 Å². The summed E-state index contributed by atoms with van der Waals surface area (Å²) >= 11 is 19.7. The summed E-state index contributed by atoms with van der Waals surface area (Å²) in [5, 5.41) is 2.08. The van der Waals surface area contributed by atoms with Crippen LogP contribution in [0.2, 0.25) is 15.1 Å². The minimum absolute atomic E-state index is 0.218. The predicted octanol–water partition coefficient (Wildman–Crippen LogP) is 7.86. The number of carbonyl (C=O) groups excluding carboxylic acids is 1. The van der Waals surface area contributed by atoms with E-state index in [1.807, 2.05) is 6.92 Å². The highest BCUT2D eigenvalue weighted by molar-refractivity contribution is 8.19. The molecule has 1 amide bonds. The van der Waals surface area contributed by atoms with Crippen molar-refractivity contribution in [3.8, 4) is 11.5 Å². The van der Waals surface area contributed by atoms with Gasteiger partial charge in [-0.15, -0.1) is 0 Å². The van der Waals surface area contributed by atoms with Gasteiger partial charge in [0.05, 0.1) is 35.0 Å². The van der Waals surface area contributed by atoms with E-state index in [4.69, 9.17) is 49.3 Å². The number of rotatable bonds is 6. The van der Waals surface area contributed by atoms with Crippen LogP contribution in [0, 0.1) is 0 Å². The van der Waals surface area contributed by atoms with Gasteiger partial charge in [0.15, 0.2) is 16.7 Å². The molecule has 0 spiro atoms. The van der Waals surface area contributed by atoms with E-state index in [0.717, 1.165) is 0 Å². The molecule has 0 atom stereocenters. The summed E-state index contributed by atoms with van der Waals surface area (Å²) in [5.74, 6) is 0.734. The lowest BCUT2D eigenvalue weighted by Crippen LogP contribution is -2.28. The van der Waals surface area contributed by atoms with Crippen LogP contribution in [-0.2, 0) is 4.79 Å². The fourth-order valence-corrected chi connectivity index (χ4v) is 4.83. The van der Waals surface area contributed by atoms with Gasteiger partial charge in [0.25, 0.3) is 5.91 Å². The summed E-state index contributed by atoms with van der Waals surface area (Å²) in [6.07, 6.45) is 1.76. The number of nitrogens with zero attached hydrogens (tertiary/aromatic N) is 2. The number of benzene rings is 3. The van der Waals surface area contributed by atoms with Crippen molar-refractivity contribution in [2.75, 3.05) is 18.6 Å². The van der Waals surface area contributed by atoms with Crippen molar-refractivity contribution in [2.45, 2.75) is 6.92 Å². The van der Waals surface area contributed by atoms with Gasteiger partial charge >= 0.3 is 0 Å². The molecule has 0 aromatic heterocycles. The average Bonchev–Trinajstić information content (AvgIpc) is 3.10. The molecule has 4 rings (SSSR count). The molecule has 1 fully saturated rings. The Bertz CT molecular complexity index is 1280. The summed E-state index contributed by atoms with van der Waals surface area (Å²) in [6, 6.07) is 17.6. The van der Waals surface area contributed by atoms with E-state index in [1.165, 1.54) is 18.9 Å². The molecule has 0 radical (unpaired) electrons. The number of halogens is 3. The quantitative estimate of drug-likeness (QED) is 0.303. The maximum Gasteiger partial charge on any atom is 0.271 e. The smallest absolute Gasteiger partial charge is 0.271 e. The highest BCUT2D eigenvalue weighted by Gasteiger charge is 2.35. The van der Waals surface area contributed by atoms with Crippen LogP contribution in [0.5, 0.6) is 11.5 Å². The maximum atomic E-state index is 13.5. The normalized spacial score (nSPS) is 15.9. The van der Waals surface area contributed by atoms with E-state index in [-0.39, 0.29) is 5.91 Å². The van der Waals surface area contributed by atoms with Crippen LogP contribution in [0.4, 0.5) is 11.4 Å². The van der Waals surface area contributed by atoms with Crippen LogP contribution in [0.25, 0.3) is 6.08 Å². The van der Waals surface area contributed by atoms with Crippen LogP contribution in [0.3, 0.4) is 0 Å².